The lowest BCUT2D eigenvalue weighted by Gasteiger charge is -2.31. The van der Waals surface area contributed by atoms with Crippen molar-refractivity contribution in [2.24, 2.45) is 5.92 Å². The van der Waals surface area contributed by atoms with Gasteiger partial charge in [-0.05, 0) is 92.3 Å². The molecular formula is C30H40FN3O4. The van der Waals surface area contributed by atoms with Crippen LogP contribution in [0.4, 0.5) is 10.2 Å². The number of ether oxygens (including phenoxy) is 3. The second kappa shape index (κ2) is 13.0. The molecule has 0 saturated carbocycles. The highest BCUT2D eigenvalue weighted by Crippen LogP contribution is 2.38. The van der Waals surface area contributed by atoms with E-state index in [9.17, 15) is 9.18 Å². The van der Waals surface area contributed by atoms with E-state index in [0.717, 1.165) is 88.1 Å². The molecule has 1 unspecified atom stereocenters. The van der Waals surface area contributed by atoms with Gasteiger partial charge in [-0.25, -0.2) is 14.2 Å². The number of halogens is 1. The average Bonchev–Trinajstić information content (AvgIpc) is 3.41. The minimum Gasteiger partial charge on any atom is -0.468 e. The molecule has 2 fully saturated rings. The topological polar surface area (TPSA) is 72.9 Å². The van der Waals surface area contributed by atoms with E-state index in [1.165, 1.54) is 24.8 Å². The Hall–Kier alpha value is -2.55. The number of rotatable bonds is 10. The molecule has 0 spiro atoms. The SMILES string of the molecule is COC(=O)C(c1cc(F)ccc1[C@@H]1CCCCO1)N1CC[C@@H](CCOCCc2ccc3c(n2)NCCC3)C1. The summed E-state index contributed by atoms with van der Waals surface area (Å²) in [5, 5.41) is 3.39. The Morgan fingerprint density at radius 3 is 2.97 bits per heavy atom. The lowest BCUT2D eigenvalue weighted by molar-refractivity contribution is -0.147. The normalized spacial score (nSPS) is 22.5. The number of fused-ring (bicyclic) bond motifs is 1. The summed E-state index contributed by atoms with van der Waals surface area (Å²) in [5.74, 6) is 0.742. The van der Waals surface area contributed by atoms with E-state index in [1.807, 2.05) is 0 Å². The zero-order valence-electron chi connectivity index (χ0n) is 22.4. The Morgan fingerprint density at radius 2 is 2.13 bits per heavy atom. The third-order valence-corrected chi connectivity index (χ3v) is 8.10. The second-order valence-corrected chi connectivity index (χ2v) is 10.7. The summed E-state index contributed by atoms with van der Waals surface area (Å²) < 4.78 is 31.6. The van der Waals surface area contributed by atoms with Crippen molar-refractivity contribution in [3.8, 4) is 0 Å². The smallest absolute Gasteiger partial charge is 0.327 e. The maximum atomic E-state index is 14.4. The summed E-state index contributed by atoms with van der Waals surface area (Å²) in [5.41, 5.74) is 3.93. The highest BCUT2D eigenvalue weighted by Gasteiger charge is 2.37. The highest BCUT2D eigenvalue weighted by molar-refractivity contribution is 5.78. The van der Waals surface area contributed by atoms with Gasteiger partial charge >= 0.3 is 5.97 Å². The fourth-order valence-corrected chi connectivity index (χ4v) is 6.02. The number of anilines is 1. The molecule has 0 bridgehead atoms. The first-order valence-corrected chi connectivity index (χ1v) is 14.2. The molecule has 3 aliphatic heterocycles. The molecule has 3 atom stereocenters. The number of carbonyl (C=O) groups excluding carboxylic acids is 1. The van der Waals surface area contributed by atoms with Gasteiger partial charge in [-0.1, -0.05) is 12.1 Å². The van der Waals surface area contributed by atoms with Crippen LogP contribution in [0, 0.1) is 11.7 Å². The van der Waals surface area contributed by atoms with Crippen LogP contribution in [0.25, 0.3) is 0 Å². The Morgan fingerprint density at radius 1 is 1.21 bits per heavy atom. The zero-order valence-corrected chi connectivity index (χ0v) is 22.4. The number of hydrogen-bond donors (Lipinski definition) is 1. The minimum absolute atomic E-state index is 0.112. The van der Waals surface area contributed by atoms with Crippen LogP contribution in [0.15, 0.2) is 30.3 Å². The van der Waals surface area contributed by atoms with Gasteiger partial charge in [0.15, 0.2) is 0 Å². The molecule has 1 aromatic carbocycles. The highest BCUT2D eigenvalue weighted by atomic mass is 19.1. The van der Waals surface area contributed by atoms with Crippen LogP contribution in [0.3, 0.4) is 0 Å². The Bertz CT molecular complexity index is 1090. The number of methoxy groups -OCH3 is 1. The third-order valence-electron chi connectivity index (χ3n) is 8.10. The number of benzene rings is 1. The number of nitrogens with one attached hydrogen (secondary N) is 1. The molecule has 1 aromatic heterocycles. The van der Waals surface area contributed by atoms with Crippen LogP contribution in [-0.4, -0.2) is 62.4 Å². The van der Waals surface area contributed by atoms with E-state index < -0.39 is 6.04 Å². The molecule has 0 amide bonds. The molecule has 2 saturated heterocycles. The van der Waals surface area contributed by atoms with Crippen molar-refractivity contribution >= 4 is 11.8 Å². The van der Waals surface area contributed by atoms with Gasteiger partial charge < -0.3 is 19.5 Å². The predicted molar refractivity (Wildman–Crippen MR) is 144 cm³/mol. The van der Waals surface area contributed by atoms with Crippen molar-refractivity contribution in [3.63, 3.8) is 0 Å². The van der Waals surface area contributed by atoms with E-state index in [0.29, 0.717) is 31.3 Å². The quantitative estimate of drug-likeness (QED) is 0.346. The van der Waals surface area contributed by atoms with Crippen molar-refractivity contribution in [3.05, 3.63) is 58.5 Å². The summed E-state index contributed by atoms with van der Waals surface area (Å²) >= 11 is 0. The summed E-state index contributed by atoms with van der Waals surface area (Å²) in [6.45, 7) is 4.51. The summed E-state index contributed by atoms with van der Waals surface area (Å²) in [6, 6.07) is 8.40. The van der Waals surface area contributed by atoms with Crippen LogP contribution in [0.5, 0.6) is 0 Å². The lowest BCUT2D eigenvalue weighted by Crippen LogP contribution is -2.34. The molecule has 0 aliphatic carbocycles. The van der Waals surface area contributed by atoms with Gasteiger partial charge in [0, 0.05) is 38.4 Å². The van der Waals surface area contributed by atoms with Crippen LogP contribution in [-0.2, 0) is 31.8 Å². The minimum atomic E-state index is -0.633. The number of nitrogens with zero attached hydrogens (tertiary/aromatic N) is 2. The number of aryl methyl sites for hydroxylation is 1. The van der Waals surface area contributed by atoms with Crippen molar-refractivity contribution in [2.75, 3.05) is 51.9 Å². The fourth-order valence-electron chi connectivity index (χ4n) is 6.02. The summed E-state index contributed by atoms with van der Waals surface area (Å²) in [4.78, 5) is 19.9. The number of likely N-dealkylation sites (tertiary alicyclic amines) is 1. The number of hydrogen-bond acceptors (Lipinski definition) is 7. The van der Waals surface area contributed by atoms with E-state index in [2.05, 4.69) is 22.3 Å². The van der Waals surface area contributed by atoms with Gasteiger partial charge in [-0.3, -0.25) is 4.90 Å². The van der Waals surface area contributed by atoms with Gasteiger partial charge in [0.1, 0.15) is 17.7 Å². The number of pyridine rings is 1. The molecule has 3 aliphatic rings. The van der Waals surface area contributed by atoms with Crippen molar-refractivity contribution in [2.45, 2.75) is 63.5 Å². The number of aromatic nitrogens is 1. The molecule has 5 rings (SSSR count). The van der Waals surface area contributed by atoms with E-state index in [4.69, 9.17) is 19.2 Å². The van der Waals surface area contributed by atoms with Crippen LogP contribution in [0.1, 0.15) is 73.1 Å². The lowest BCUT2D eigenvalue weighted by atomic mass is 9.92. The maximum absolute atomic E-state index is 14.4. The zero-order chi connectivity index (χ0) is 26.3. The maximum Gasteiger partial charge on any atom is 0.327 e. The van der Waals surface area contributed by atoms with Crippen LogP contribution >= 0.6 is 0 Å². The van der Waals surface area contributed by atoms with E-state index in [-0.39, 0.29) is 17.9 Å². The average molecular weight is 526 g/mol. The molecule has 2 aromatic rings. The van der Waals surface area contributed by atoms with Crippen LogP contribution < -0.4 is 5.32 Å². The fraction of sp³-hybridized carbons (Fsp3) is 0.600. The van der Waals surface area contributed by atoms with Gasteiger partial charge in [0.25, 0.3) is 0 Å². The molecule has 38 heavy (non-hydrogen) atoms. The number of esters is 1. The Labute approximate surface area is 225 Å². The third kappa shape index (κ3) is 6.53. The van der Waals surface area contributed by atoms with Gasteiger partial charge in [0.2, 0.25) is 0 Å². The molecule has 7 nitrogen and oxygen atoms in total. The summed E-state index contributed by atoms with van der Waals surface area (Å²) in [7, 11) is 1.40. The molecule has 8 heteroatoms. The molecule has 206 valence electrons. The largest absolute Gasteiger partial charge is 0.468 e. The first-order chi connectivity index (χ1) is 18.6. The standard InChI is InChI=1S/C30H40FN3O4/c1-36-30(35)28(26-19-23(31)8-10-25(26)27-6-2-3-16-38-27)34-15-11-21(20-34)12-17-37-18-13-24-9-7-22-5-4-14-32-29(22)33-24/h7-10,19,21,27-28H,2-6,11-18,20H2,1H3,(H,32,33)/t21-,27-,28?/m0/s1. The predicted octanol–water partition coefficient (Wildman–Crippen LogP) is 5.01. The Kier molecular flexibility index (Phi) is 9.25. The molecule has 1 N–H and O–H groups in total. The molecular weight excluding hydrogens is 485 g/mol. The van der Waals surface area contributed by atoms with E-state index in [1.54, 1.807) is 6.07 Å². The van der Waals surface area contributed by atoms with E-state index >= 15 is 0 Å². The second-order valence-electron chi connectivity index (χ2n) is 10.7. The van der Waals surface area contributed by atoms with Crippen LogP contribution in [0.2, 0.25) is 0 Å². The Balaban J connectivity index is 1.15. The number of carbonyl (C=O) groups is 1. The first kappa shape index (κ1) is 27.0. The summed E-state index contributed by atoms with van der Waals surface area (Å²) in [6.07, 6.45) is 7.81. The van der Waals surface area contributed by atoms with Crippen molar-refractivity contribution in [1.29, 1.82) is 0 Å². The van der Waals surface area contributed by atoms with Crippen molar-refractivity contribution in [1.82, 2.24) is 9.88 Å². The van der Waals surface area contributed by atoms with Gasteiger partial charge in [-0.2, -0.15) is 0 Å². The van der Waals surface area contributed by atoms with Gasteiger partial charge in [0.05, 0.1) is 19.8 Å². The monoisotopic (exact) mass is 525 g/mol. The van der Waals surface area contributed by atoms with Gasteiger partial charge in [-0.15, -0.1) is 0 Å². The molecule has 4 heterocycles. The molecule has 0 radical (unpaired) electrons. The first-order valence-electron chi connectivity index (χ1n) is 14.2. The van der Waals surface area contributed by atoms with Crippen molar-refractivity contribution < 1.29 is 23.4 Å².